The van der Waals surface area contributed by atoms with Crippen LogP contribution in [0.4, 0.5) is 0 Å². The van der Waals surface area contributed by atoms with Crippen molar-refractivity contribution in [3.63, 3.8) is 0 Å². The van der Waals surface area contributed by atoms with Gasteiger partial charge in [-0.1, -0.05) is 18.2 Å². The number of fused-ring (bicyclic) bond motifs is 1. The van der Waals surface area contributed by atoms with Gasteiger partial charge < -0.3 is 18.9 Å². The van der Waals surface area contributed by atoms with Gasteiger partial charge in [0.05, 0.1) is 13.2 Å². The van der Waals surface area contributed by atoms with Crippen LogP contribution in [0, 0.1) is 5.92 Å². The van der Waals surface area contributed by atoms with Gasteiger partial charge in [-0.3, -0.25) is 4.79 Å². The molecule has 2 fully saturated rings. The largest absolute Gasteiger partial charge is 0.350 e. The smallest absolute Gasteiger partial charge is 0.224 e. The van der Waals surface area contributed by atoms with Crippen molar-refractivity contribution in [2.24, 2.45) is 5.92 Å². The first kappa shape index (κ1) is 15.7. The lowest BCUT2D eigenvalue weighted by molar-refractivity contribution is -0.137. The third kappa shape index (κ3) is 3.19. The summed E-state index contributed by atoms with van der Waals surface area (Å²) in [4.78, 5) is 14.5. The Balaban J connectivity index is 1.29. The Hall–Kier alpha value is -1.85. The van der Waals surface area contributed by atoms with Crippen molar-refractivity contribution in [2.45, 2.75) is 32.1 Å². The highest BCUT2D eigenvalue weighted by atomic mass is 16.7. The van der Waals surface area contributed by atoms with Crippen LogP contribution in [-0.2, 0) is 20.8 Å². The van der Waals surface area contributed by atoms with Crippen molar-refractivity contribution < 1.29 is 14.3 Å². The van der Waals surface area contributed by atoms with Crippen molar-refractivity contribution in [1.29, 1.82) is 0 Å². The molecule has 2 saturated heterocycles. The molecule has 0 spiro atoms. The lowest BCUT2D eigenvalue weighted by atomic mass is 9.96. The molecule has 1 aromatic heterocycles. The molecule has 0 unspecified atom stereocenters. The van der Waals surface area contributed by atoms with E-state index >= 15 is 0 Å². The lowest BCUT2D eigenvalue weighted by Gasteiger charge is -2.34. The van der Waals surface area contributed by atoms with Crippen LogP contribution in [0.1, 0.15) is 19.3 Å². The average Bonchev–Trinajstić information content (AvgIpc) is 3.30. The highest BCUT2D eigenvalue weighted by Crippen LogP contribution is 2.26. The standard InChI is InChI=1S/C19H24N2O3/c22-18(8-12-20-9-5-15-3-1-2-4-17(15)20)21-10-6-16(7-11-21)19-23-13-14-24-19/h1-5,9,16,19H,6-8,10-14H2. The number of hydrogen-bond acceptors (Lipinski definition) is 3. The molecule has 2 aromatic rings. The summed E-state index contributed by atoms with van der Waals surface area (Å²) in [6.07, 6.45) is 4.53. The number of carbonyl (C=O) groups is 1. The third-order valence-corrected chi connectivity index (χ3v) is 5.17. The highest BCUT2D eigenvalue weighted by Gasteiger charge is 2.31. The van der Waals surface area contributed by atoms with Crippen molar-refractivity contribution >= 4 is 16.8 Å². The Morgan fingerprint density at radius 2 is 1.83 bits per heavy atom. The predicted molar refractivity (Wildman–Crippen MR) is 91.6 cm³/mol. The van der Waals surface area contributed by atoms with Gasteiger partial charge in [0, 0.05) is 43.7 Å². The van der Waals surface area contributed by atoms with Gasteiger partial charge in [-0.2, -0.15) is 0 Å². The van der Waals surface area contributed by atoms with Crippen LogP contribution < -0.4 is 0 Å². The number of ether oxygens (including phenoxy) is 2. The van der Waals surface area contributed by atoms with Crippen LogP contribution in [-0.4, -0.2) is 48.0 Å². The van der Waals surface area contributed by atoms with Crippen molar-refractivity contribution in [2.75, 3.05) is 26.3 Å². The minimum atomic E-state index is -0.0477. The van der Waals surface area contributed by atoms with Crippen molar-refractivity contribution in [3.05, 3.63) is 36.5 Å². The summed E-state index contributed by atoms with van der Waals surface area (Å²) in [5.41, 5.74) is 1.19. The molecule has 0 aliphatic carbocycles. The van der Waals surface area contributed by atoms with Crippen LogP contribution in [0.5, 0.6) is 0 Å². The van der Waals surface area contributed by atoms with Gasteiger partial charge in [0.2, 0.25) is 5.91 Å². The molecule has 2 aliphatic heterocycles. The Morgan fingerprint density at radius 1 is 1.08 bits per heavy atom. The molecule has 3 heterocycles. The molecule has 0 radical (unpaired) electrons. The van der Waals surface area contributed by atoms with E-state index in [1.807, 2.05) is 17.0 Å². The Morgan fingerprint density at radius 3 is 2.62 bits per heavy atom. The number of amides is 1. The summed E-state index contributed by atoms with van der Waals surface area (Å²) in [6.45, 7) is 3.78. The van der Waals surface area contributed by atoms with Gasteiger partial charge >= 0.3 is 0 Å². The Kier molecular flexibility index (Phi) is 4.54. The minimum Gasteiger partial charge on any atom is -0.350 e. The molecule has 5 nitrogen and oxygen atoms in total. The highest BCUT2D eigenvalue weighted by molar-refractivity contribution is 5.80. The van der Waals surface area contributed by atoms with E-state index in [2.05, 4.69) is 29.0 Å². The molecule has 1 amide bonds. The van der Waals surface area contributed by atoms with Crippen molar-refractivity contribution in [3.8, 4) is 0 Å². The maximum absolute atomic E-state index is 12.5. The maximum atomic E-state index is 12.5. The second-order valence-corrected chi connectivity index (χ2v) is 6.65. The second kappa shape index (κ2) is 6.95. The Labute approximate surface area is 142 Å². The van der Waals surface area contributed by atoms with E-state index in [9.17, 15) is 4.79 Å². The molecule has 0 atom stereocenters. The van der Waals surface area contributed by atoms with E-state index < -0.39 is 0 Å². The third-order valence-electron chi connectivity index (χ3n) is 5.17. The fourth-order valence-electron chi connectivity index (χ4n) is 3.78. The maximum Gasteiger partial charge on any atom is 0.224 e. The molecule has 0 saturated carbocycles. The molecule has 0 bridgehead atoms. The molecule has 2 aliphatic rings. The van der Waals surface area contributed by atoms with E-state index in [1.54, 1.807) is 0 Å². The summed E-state index contributed by atoms with van der Waals surface area (Å²) < 4.78 is 13.4. The molecule has 5 heteroatoms. The first-order valence-corrected chi connectivity index (χ1v) is 8.86. The summed E-state index contributed by atoms with van der Waals surface area (Å²) in [5.74, 6) is 0.685. The van der Waals surface area contributed by atoms with Gasteiger partial charge in [-0.25, -0.2) is 0 Å². The monoisotopic (exact) mass is 328 g/mol. The molecule has 24 heavy (non-hydrogen) atoms. The van der Waals surface area contributed by atoms with Gasteiger partial charge in [0.1, 0.15) is 0 Å². The molecular formula is C19H24N2O3. The van der Waals surface area contributed by atoms with Gasteiger partial charge in [-0.15, -0.1) is 0 Å². The van der Waals surface area contributed by atoms with Crippen molar-refractivity contribution in [1.82, 2.24) is 9.47 Å². The fraction of sp³-hybridized carbons (Fsp3) is 0.526. The number of benzene rings is 1. The molecule has 0 N–H and O–H groups in total. The summed E-state index contributed by atoms with van der Waals surface area (Å²) >= 11 is 0. The van der Waals surface area contributed by atoms with E-state index in [0.717, 1.165) is 32.5 Å². The van der Waals surface area contributed by atoms with Crippen LogP contribution in [0.25, 0.3) is 10.9 Å². The average molecular weight is 328 g/mol. The van der Waals surface area contributed by atoms with Gasteiger partial charge in [-0.05, 0) is 30.4 Å². The van der Waals surface area contributed by atoms with Crippen LogP contribution in [0.3, 0.4) is 0 Å². The first-order valence-electron chi connectivity index (χ1n) is 8.86. The zero-order chi connectivity index (χ0) is 16.4. The molecular weight excluding hydrogens is 304 g/mol. The summed E-state index contributed by atoms with van der Waals surface area (Å²) in [7, 11) is 0. The SMILES string of the molecule is O=C(CCn1ccc2ccccc21)N1CCC(C2OCCO2)CC1. The topological polar surface area (TPSA) is 43.7 Å². The number of piperidine rings is 1. The van der Waals surface area contributed by atoms with Crippen LogP contribution in [0.2, 0.25) is 0 Å². The quantitative estimate of drug-likeness (QED) is 0.867. The second-order valence-electron chi connectivity index (χ2n) is 6.65. The minimum absolute atomic E-state index is 0.0477. The summed E-state index contributed by atoms with van der Waals surface area (Å²) in [5, 5.41) is 1.22. The number of nitrogens with zero attached hydrogens (tertiary/aromatic N) is 2. The molecule has 1 aromatic carbocycles. The summed E-state index contributed by atoms with van der Waals surface area (Å²) in [6, 6.07) is 10.4. The van der Waals surface area contributed by atoms with E-state index in [-0.39, 0.29) is 12.2 Å². The van der Waals surface area contributed by atoms with Gasteiger partial charge in [0.25, 0.3) is 0 Å². The number of aromatic nitrogens is 1. The zero-order valence-electron chi connectivity index (χ0n) is 13.9. The number of hydrogen-bond donors (Lipinski definition) is 0. The molecule has 4 rings (SSSR count). The number of aryl methyl sites for hydroxylation is 1. The Bertz CT molecular complexity index is 697. The van der Waals surface area contributed by atoms with Crippen LogP contribution >= 0.6 is 0 Å². The van der Waals surface area contributed by atoms with Crippen LogP contribution in [0.15, 0.2) is 36.5 Å². The number of likely N-dealkylation sites (tertiary alicyclic amines) is 1. The van der Waals surface area contributed by atoms with Gasteiger partial charge in [0.15, 0.2) is 6.29 Å². The lowest BCUT2D eigenvalue weighted by Crippen LogP contribution is -2.41. The molecule has 128 valence electrons. The first-order chi connectivity index (χ1) is 11.8. The normalized spacial score (nSPS) is 20.1. The number of rotatable bonds is 4. The van der Waals surface area contributed by atoms with E-state index in [0.29, 0.717) is 25.6 Å². The predicted octanol–water partition coefficient (Wildman–Crippen LogP) is 2.64. The van der Waals surface area contributed by atoms with E-state index in [4.69, 9.17) is 9.47 Å². The van der Waals surface area contributed by atoms with E-state index in [1.165, 1.54) is 10.9 Å². The zero-order valence-corrected chi connectivity index (χ0v) is 13.9. The number of para-hydroxylation sites is 1. The number of carbonyl (C=O) groups excluding carboxylic acids is 1. The fourth-order valence-corrected chi connectivity index (χ4v) is 3.78.